The van der Waals surface area contributed by atoms with Crippen LogP contribution in [0, 0.1) is 0 Å². The van der Waals surface area contributed by atoms with E-state index in [1.54, 1.807) is 24.3 Å². The summed E-state index contributed by atoms with van der Waals surface area (Å²) in [6, 6.07) is 11.9. The van der Waals surface area contributed by atoms with Crippen molar-refractivity contribution < 1.29 is 21.6 Å². The summed E-state index contributed by atoms with van der Waals surface area (Å²) in [5.74, 6) is -0.531. The van der Waals surface area contributed by atoms with Gasteiger partial charge in [0.15, 0.2) is 25.5 Å². The highest BCUT2D eigenvalue weighted by Crippen LogP contribution is 2.23. The number of nitrogens with zero attached hydrogens (tertiary/aromatic N) is 2. The van der Waals surface area contributed by atoms with Gasteiger partial charge in [-0.15, -0.1) is 5.10 Å². The third-order valence-electron chi connectivity index (χ3n) is 4.05. The van der Waals surface area contributed by atoms with Crippen LogP contribution in [-0.2, 0) is 19.7 Å². The lowest BCUT2D eigenvalue weighted by atomic mass is 10.2. The van der Waals surface area contributed by atoms with Gasteiger partial charge in [0.05, 0.1) is 15.5 Å². The van der Waals surface area contributed by atoms with Gasteiger partial charge < -0.3 is 11.1 Å². The second kappa shape index (κ2) is 7.33. The molecule has 1 amide bonds. The largest absolute Gasteiger partial charge is 0.365 e. The topological polar surface area (TPSA) is 141 Å². The lowest BCUT2D eigenvalue weighted by molar-refractivity contribution is 0.100. The van der Waals surface area contributed by atoms with Crippen molar-refractivity contribution in [2.24, 2.45) is 5.73 Å². The Hall–Kier alpha value is -3.18. The summed E-state index contributed by atoms with van der Waals surface area (Å²) >= 11 is 0. The minimum Gasteiger partial charge on any atom is -0.365 e. The Morgan fingerprint density at radius 2 is 1.38 bits per heavy atom. The number of carbonyl (C=O) groups is 1. The van der Waals surface area contributed by atoms with E-state index >= 15 is 0 Å². The van der Waals surface area contributed by atoms with Gasteiger partial charge in [0.1, 0.15) is 5.56 Å². The van der Waals surface area contributed by atoms with Crippen LogP contribution < -0.4 is 11.1 Å². The summed E-state index contributed by atoms with van der Waals surface area (Å²) in [6.45, 7) is 0. The van der Waals surface area contributed by atoms with Crippen LogP contribution in [0.4, 0.5) is 11.5 Å². The molecular formula is C18H18N4O5S2. The number of anilines is 2. The molecule has 0 fully saturated rings. The summed E-state index contributed by atoms with van der Waals surface area (Å²) in [7, 11) is -6.66. The fourth-order valence-electron chi connectivity index (χ4n) is 2.55. The molecule has 0 aliphatic heterocycles. The Morgan fingerprint density at radius 3 is 1.83 bits per heavy atom. The Kier molecular flexibility index (Phi) is 5.20. The average Bonchev–Trinajstić information content (AvgIpc) is 3.05. The predicted octanol–water partition coefficient (Wildman–Crippen LogP) is 1.52. The zero-order chi connectivity index (χ0) is 21.4. The van der Waals surface area contributed by atoms with Gasteiger partial charge in [-0.1, -0.05) is 0 Å². The van der Waals surface area contributed by atoms with Gasteiger partial charge in [-0.25, -0.2) is 21.5 Å². The molecule has 3 rings (SSSR count). The van der Waals surface area contributed by atoms with Gasteiger partial charge in [-0.2, -0.15) is 0 Å². The number of sulfone groups is 2. The molecule has 0 unspecified atom stereocenters. The van der Waals surface area contributed by atoms with E-state index in [0.717, 1.165) is 12.5 Å². The Morgan fingerprint density at radius 1 is 0.897 bits per heavy atom. The molecule has 0 aliphatic carbocycles. The van der Waals surface area contributed by atoms with Crippen LogP contribution in [0.1, 0.15) is 10.4 Å². The zero-order valence-electron chi connectivity index (χ0n) is 15.5. The number of amides is 1. The summed E-state index contributed by atoms with van der Waals surface area (Å²) in [6.07, 6.45) is 3.64. The van der Waals surface area contributed by atoms with Gasteiger partial charge in [0, 0.05) is 24.4 Å². The van der Waals surface area contributed by atoms with E-state index in [9.17, 15) is 21.6 Å². The van der Waals surface area contributed by atoms with Crippen molar-refractivity contribution in [1.82, 2.24) is 9.78 Å². The number of rotatable bonds is 6. The summed E-state index contributed by atoms with van der Waals surface area (Å²) in [5, 5.41) is 7.23. The van der Waals surface area contributed by atoms with Gasteiger partial charge in [-0.05, 0) is 48.5 Å². The Labute approximate surface area is 168 Å². The molecule has 1 heterocycles. The van der Waals surface area contributed by atoms with E-state index in [-0.39, 0.29) is 21.2 Å². The van der Waals surface area contributed by atoms with Gasteiger partial charge in [-0.3, -0.25) is 4.79 Å². The molecule has 0 aliphatic rings. The van der Waals surface area contributed by atoms with Crippen LogP contribution in [0.5, 0.6) is 0 Å². The molecule has 0 bridgehead atoms. The first-order valence-corrected chi connectivity index (χ1v) is 12.0. The fraction of sp³-hybridized carbons (Fsp3) is 0.111. The molecule has 29 heavy (non-hydrogen) atoms. The summed E-state index contributed by atoms with van der Waals surface area (Å²) in [5.41, 5.74) is 6.59. The Bertz CT molecular complexity index is 1280. The highest BCUT2D eigenvalue weighted by atomic mass is 32.2. The number of carbonyl (C=O) groups excluding carboxylic acids is 1. The van der Waals surface area contributed by atoms with Crippen molar-refractivity contribution in [3.05, 3.63) is 60.3 Å². The third-order valence-corrected chi connectivity index (χ3v) is 6.31. The molecular weight excluding hydrogens is 416 g/mol. The smallest absolute Gasteiger partial charge is 0.254 e. The van der Waals surface area contributed by atoms with E-state index in [4.69, 9.17) is 5.73 Å². The van der Waals surface area contributed by atoms with Crippen LogP contribution in [0.25, 0.3) is 5.69 Å². The number of benzene rings is 2. The number of hydrogen-bond acceptors (Lipinski definition) is 7. The lowest BCUT2D eigenvalue weighted by Gasteiger charge is -2.06. The first-order chi connectivity index (χ1) is 13.4. The molecule has 1 aromatic heterocycles. The fourth-order valence-corrected chi connectivity index (χ4v) is 3.81. The second-order valence-electron chi connectivity index (χ2n) is 6.39. The normalized spacial score (nSPS) is 11.9. The van der Waals surface area contributed by atoms with Crippen molar-refractivity contribution >= 4 is 37.1 Å². The zero-order valence-corrected chi connectivity index (χ0v) is 17.2. The molecule has 0 atom stereocenters. The van der Waals surface area contributed by atoms with Crippen molar-refractivity contribution in [1.29, 1.82) is 0 Å². The minimum atomic E-state index is -3.33. The highest BCUT2D eigenvalue weighted by Gasteiger charge is 2.16. The molecule has 2 aromatic carbocycles. The number of hydrogen-bond donors (Lipinski definition) is 2. The SMILES string of the molecule is CS(=O)(=O)c1ccc(Nc2nn(-c3ccc(S(C)(=O)=O)cc3)cc2C(N)=O)cc1. The van der Waals surface area contributed by atoms with Crippen LogP contribution in [0.3, 0.4) is 0 Å². The monoisotopic (exact) mass is 434 g/mol. The maximum absolute atomic E-state index is 11.8. The van der Waals surface area contributed by atoms with Crippen molar-refractivity contribution in [3.63, 3.8) is 0 Å². The molecule has 9 nitrogen and oxygen atoms in total. The van der Waals surface area contributed by atoms with Crippen LogP contribution in [0.2, 0.25) is 0 Å². The lowest BCUT2D eigenvalue weighted by Crippen LogP contribution is -2.12. The van der Waals surface area contributed by atoms with Gasteiger partial charge in [0.2, 0.25) is 0 Å². The molecule has 0 spiro atoms. The predicted molar refractivity (Wildman–Crippen MR) is 108 cm³/mol. The number of nitrogens with one attached hydrogen (secondary N) is 1. The molecule has 0 saturated heterocycles. The number of nitrogens with two attached hydrogens (primary N) is 1. The van der Waals surface area contributed by atoms with Crippen molar-refractivity contribution in [2.75, 3.05) is 17.8 Å². The highest BCUT2D eigenvalue weighted by molar-refractivity contribution is 7.91. The first kappa shape index (κ1) is 20.6. The summed E-state index contributed by atoms with van der Waals surface area (Å²) < 4.78 is 47.7. The maximum atomic E-state index is 11.8. The average molecular weight is 434 g/mol. The van der Waals surface area contributed by atoms with E-state index in [2.05, 4.69) is 10.4 Å². The molecule has 3 N–H and O–H groups in total. The molecule has 152 valence electrons. The first-order valence-electron chi connectivity index (χ1n) is 8.22. The maximum Gasteiger partial charge on any atom is 0.254 e. The van der Waals surface area contributed by atoms with E-state index in [1.807, 2.05) is 0 Å². The van der Waals surface area contributed by atoms with Crippen LogP contribution in [-0.4, -0.2) is 45.0 Å². The molecule has 11 heteroatoms. The van der Waals surface area contributed by atoms with Crippen molar-refractivity contribution in [3.8, 4) is 5.69 Å². The van der Waals surface area contributed by atoms with Gasteiger partial charge in [0.25, 0.3) is 5.91 Å². The van der Waals surface area contributed by atoms with Gasteiger partial charge >= 0.3 is 0 Å². The molecule has 3 aromatic rings. The second-order valence-corrected chi connectivity index (χ2v) is 10.4. The van der Waals surface area contributed by atoms with E-state index in [0.29, 0.717) is 11.4 Å². The minimum absolute atomic E-state index is 0.115. The standard InChI is InChI=1S/C18H18N4O5S2/c1-28(24,25)14-7-3-12(4-8-14)20-18-16(17(19)23)11-22(21-18)13-5-9-15(10-6-13)29(2,26)27/h3-11H,1-2H3,(H2,19,23)(H,20,21). The van der Waals surface area contributed by atoms with E-state index in [1.165, 1.54) is 35.1 Å². The number of primary amides is 1. The van der Waals surface area contributed by atoms with E-state index < -0.39 is 25.6 Å². The Balaban J connectivity index is 1.94. The van der Waals surface area contributed by atoms with Crippen molar-refractivity contribution in [2.45, 2.75) is 9.79 Å². The van der Waals surface area contributed by atoms with Crippen LogP contribution >= 0.6 is 0 Å². The van der Waals surface area contributed by atoms with Crippen LogP contribution in [0.15, 0.2) is 64.5 Å². The molecule has 0 radical (unpaired) electrons. The molecule has 0 saturated carbocycles. The third kappa shape index (κ3) is 4.63. The quantitative estimate of drug-likeness (QED) is 0.599. The summed E-state index contributed by atoms with van der Waals surface area (Å²) in [4.78, 5) is 12.1. The number of aromatic nitrogens is 2.